The van der Waals surface area contributed by atoms with Crippen LogP contribution in [0.3, 0.4) is 0 Å². The zero-order chi connectivity index (χ0) is 22.9. The molecule has 1 atom stereocenters. The van der Waals surface area contributed by atoms with E-state index in [2.05, 4.69) is 14.7 Å². The molecule has 2 heterocycles. The number of esters is 1. The fourth-order valence-corrected chi connectivity index (χ4v) is 2.85. The van der Waals surface area contributed by atoms with Gasteiger partial charge in [0.25, 0.3) is 6.02 Å². The number of rotatable bonds is 3. The van der Waals surface area contributed by atoms with Gasteiger partial charge in [-0.2, -0.15) is 36.3 Å². The van der Waals surface area contributed by atoms with E-state index in [0.29, 0.717) is 6.07 Å². The maximum atomic E-state index is 14.1. The lowest BCUT2D eigenvalue weighted by atomic mass is 10.1. The van der Waals surface area contributed by atoms with E-state index in [9.17, 15) is 31.1 Å². The number of nitrogens with zero attached hydrogens (tertiary/aromatic N) is 3. The smallest absolute Gasteiger partial charge is 0.446 e. The molecule has 3 rings (SSSR count). The van der Waals surface area contributed by atoms with Gasteiger partial charge in [0.2, 0.25) is 5.90 Å². The van der Waals surface area contributed by atoms with E-state index in [-0.39, 0.29) is 26.3 Å². The maximum absolute atomic E-state index is 14.1. The molecule has 1 aromatic rings. The first kappa shape index (κ1) is 22.8. The number of amidine groups is 1. The summed E-state index contributed by atoms with van der Waals surface area (Å²) in [5, 5.41) is 0. The molecule has 31 heavy (non-hydrogen) atoms. The van der Waals surface area contributed by atoms with Crippen molar-refractivity contribution in [2.75, 3.05) is 32.9 Å². The van der Waals surface area contributed by atoms with Crippen LogP contribution in [-0.4, -0.2) is 67.5 Å². The summed E-state index contributed by atoms with van der Waals surface area (Å²) < 4.78 is 96.5. The highest BCUT2D eigenvalue weighted by Gasteiger charge is 2.65. The monoisotopic (exact) mass is 453 g/mol. The van der Waals surface area contributed by atoms with Crippen molar-refractivity contribution < 1.29 is 45.3 Å². The highest BCUT2D eigenvalue weighted by atomic mass is 19.4. The zero-order valence-electron chi connectivity index (χ0n) is 16.1. The number of morpholine rings is 1. The van der Waals surface area contributed by atoms with Gasteiger partial charge in [0.15, 0.2) is 0 Å². The van der Waals surface area contributed by atoms with Gasteiger partial charge in [-0.15, -0.1) is 0 Å². The molecule has 1 aromatic carbocycles. The molecular weight excluding hydrogens is 436 g/mol. The molecular formula is C18H17F6N3O4. The maximum Gasteiger partial charge on any atom is 0.446 e. The Hall–Kier alpha value is -2.83. The molecule has 0 amide bonds. The number of hydrogen-bond acceptors (Lipinski definition) is 7. The Morgan fingerprint density at radius 1 is 1.16 bits per heavy atom. The summed E-state index contributed by atoms with van der Waals surface area (Å²) in [5.74, 6) is -2.66. The van der Waals surface area contributed by atoms with Crippen LogP contribution in [0.5, 0.6) is 0 Å². The fourth-order valence-electron chi connectivity index (χ4n) is 2.85. The lowest BCUT2D eigenvalue weighted by Gasteiger charge is -2.35. The normalized spacial score (nSPS) is 22.4. The summed E-state index contributed by atoms with van der Waals surface area (Å²) in [6, 6.07) is 2.78. The van der Waals surface area contributed by atoms with Gasteiger partial charge in [0.1, 0.15) is 0 Å². The van der Waals surface area contributed by atoms with Crippen LogP contribution in [0.2, 0.25) is 0 Å². The summed E-state index contributed by atoms with van der Waals surface area (Å²) in [7, 11) is 0. The Morgan fingerprint density at radius 3 is 2.42 bits per heavy atom. The second-order valence-electron chi connectivity index (χ2n) is 6.48. The number of benzene rings is 1. The lowest BCUT2D eigenvalue weighted by Crippen LogP contribution is -2.56. The standard InChI is InChI=1S/C18H17F6N3O4/c1-2-30-14(28)16(18(22,23)24)25-13(11-4-3-5-12(10-11)17(19,20)21)31-15(26-16)27-6-8-29-9-7-27/h3-5,10H,2,6-9H2,1H3/t16-/m0/s1. The summed E-state index contributed by atoms with van der Waals surface area (Å²) in [4.78, 5) is 20.4. The quantitative estimate of drug-likeness (QED) is 0.520. The Morgan fingerprint density at radius 2 is 1.84 bits per heavy atom. The third kappa shape index (κ3) is 4.60. The third-order valence-electron chi connectivity index (χ3n) is 4.38. The average molecular weight is 453 g/mol. The molecule has 0 N–H and O–H groups in total. The van der Waals surface area contributed by atoms with Crippen molar-refractivity contribution in [2.45, 2.75) is 24.9 Å². The molecule has 0 saturated carbocycles. The molecule has 1 fully saturated rings. The van der Waals surface area contributed by atoms with Crippen molar-refractivity contribution >= 4 is 17.9 Å². The Bertz CT molecular complexity index is 893. The van der Waals surface area contributed by atoms with Gasteiger partial charge in [-0.25, -0.2) is 4.79 Å². The van der Waals surface area contributed by atoms with Gasteiger partial charge in [-0.3, -0.25) is 0 Å². The van der Waals surface area contributed by atoms with Crippen molar-refractivity contribution in [3.8, 4) is 0 Å². The number of alkyl halides is 6. The third-order valence-corrected chi connectivity index (χ3v) is 4.38. The molecule has 0 radical (unpaired) electrons. The van der Waals surface area contributed by atoms with Crippen LogP contribution in [0.1, 0.15) is 18.1 Å². The highest BCUT2D eigenvalue weighted by Crippen LogP contribution is 2.40. The van der Waals surface area contributed by atoms with Crippen molar-refractivity contribution in [3.63, 3.8) is 0 Å². The largest absolute Gasteiger partial charge is 0.462 e. The number of hydrogen-bond donors (Lipinski definition) is 0. The minimum absolute atomic E-state index is 0.0888. The van der Waals surface area contributed by atoms with E-state index in [1.165, 1.54) is 11.8 Å². The van der Waals surface area contributed by atoms with Gasteiger partial charge in [-0.05, 0) is 25.1 Å². The van der Waals surface area contributed by atoms with Gasteiger partial charge < -0.3 is 19.1 Å². The molecule has 7 nitrogen and oxygen atoms in total. The first-order valence-electron chi connectivity index (χ1n) is 9.10. The molecule has 2 aliphatic heterocycles. The first-order chi connectivity index (χ1) is 14.5. The van der Waals surface area contributed by atoms with E-state index in [1.54, 1.807) is 0 Å². The van der Waals surface area contributed by atoms with E-state index >= 15 is 0 Å². The zero-order valence-corrected chi connectivity index (χ0v) is 16.1. The second-order valence-corrected chi connectivity index (χ2v) is 6.48. The van der Waals surface area contributed by atoms with Crippen LogP contribution in [0, 0.1) is 0 Å². The Labute approximate surface area is 172 Å². The molecule has 13 heteroatoms. The first-order valence-corrected chi connectivity index (χ1v) is 9.10. The SMILES string of the molecule is CCOC(=O)[C@]1(C(F)(F)F)N=C(c2cccc(C(F)(F)F)c2)OC(N2CCOCC2)=N1. The van der Waals surface area contributed by atoms with Crippen LogP contribution in [0.15, 0.2) is 34.3 Å². The molecule has 0 aromatic heterocycles. The lowest BCUT2D eigenvalue weighted by molar-refractivity contribution is -0.204. The van der Waals surface area contributed by atoms with Gasteiger partial charge in [-0.1, -0.05) is 6.07 Å². The number of ether oxygens (including phenoxy) is 3. The second kappa shape index (κ2) is 8.36. The van der Waals surface area contributed by atoms with Crippen LogP contribution >= 0.6 is 0 Å². The number of halogens is 6. The molecule has 1 saturated heterocycles. The summed E-state index contributed by atoms with van der Waals surface area (Å²) in [6.07, 6.45) is -10.1. The summed E-state index contributed by atoms with van der Waals surface area (Å²) in [5.41, 5.74) is -5.26. The van der Waals surface area contributed by atoms with Crippen molar-refractivity contribution in [3.05, 3.63) is 35.4 Å². The van der Waals surface area contributed by atoms with Gasteiger partial charge in [0.05, 0.1) is 25.4 Å². The molecule has 170 valence electrons. The van der Waals surface area contributed by atoms with Gasteiger partial charge in [0, 0.05) is 18.7 Å². The van der Waals surface area contributed by atoms with Crippen molar-refractivity contribution in [2.24, 2.45) is 9.98 Å². The van der Waals surface area contributed by atoms with Crippen LogP contribution in [-0.2, 0) is 25.2 Å². The average Bonchev–Trinajstić information content (AvgIpc) is 2.73. The van der Waals surface area contributed by atoms with Crippen molar-refractivity contribution in [1.82, 2.24) is 4.90 Å². The van der Waals surface area contributed by atoms with E-state index in [1.807, 2.05) is 0 Å². The Balaban J connectivity index is 2.16. The van der Waals surface area contributed by atoms with Crippen molar-refractivity contribution in [1.29, 1.82) is 0 Å². The van der Waals surface area contributed by atoms with Crippen LogP contribution in [0.4, 0.5) is 26.3 Å². The van der Waals surface area contributed by atoms with Gasteiger partial charge >= 0.3 is 24.0 Å². The minimum atomic E-state index is -5.35. The molecule has 0 aliphatic carbocycles. The van der Waals surface area contributed by atoms with Crippen LogP contribution < -0.4 is 0 Å². The fraction of sp³-hybridized carbons (Fsp3) is 0.500. The number of aliphatic imine (C=N–C) groups is 2. The van der Waals surface area contributed by atoms with E-state index in [0.717, 1.165) is 18.2 Å². The molecule has 0 bridgehead atoms. The minimum Gasteiger partial charge on any atom is -0.462 e. The van der Waals surface area contributed by atoms with E-state index < -0.39 is 53.6 Å². The summed E-state index contributed by atoms with van der Waals surface area (Å²) >= 11 is 0. The molecule has 0 spiro atoms. The molecule has 2 aliphatic rings. The number of carbonyl (C=O) groups is 1. The predicted molar refractivity (Wildman–Crippen MR) is 94.3 cm³/mol. The highest BCUT2D eigenvalue weighted by molar-refractivity contribution is 6.05. The topological polar surface area (TPSA) is 72.7 Å². The Kier molecular flexibility index (Phi) is 6.16. The summed E-state index contributed by atoms with van der Waals surface area (Å²) in [6.45, 7) is 1.38. The number of carbonyl (C=O) groups excluding carboxylic acids is 1. The predicted octanol–water partition coefficient (Wildman–Crippen LogP) is 2.99. The van der Waals surface area contributed by atoms with E-state index in [4.69, 9.17) is 9.47 Å². The molecule has 0 unspecified atom stereocenters. The van der Waals surface area contributed by atoms with Crippen LogP contribution in [0.25, 0.3) is 0 Å².